The van der Waals surface area contributed by atoms with Gasteiger partial charge in [0.15, 0.2) is 11.0 Å². The molecule has 5 heteroatoms. The van der Waals surface area contributed by atoms with E-state index < -0.39 is 0 Å². The van der Waals surface area contributed by atoms with Crippen LogP contribution >= 0.6 is 11.8 Å². The topological polar surface area (TPSA) is 43.6 Å². The fraction of sp³-hybridized carbons (Fsp3) is 0.188. The van der Waals surface area contributed by atoms with Crippen LogP contribution in [0.5, 0.6) is 0 Å². The first kappa shape index (κ1) is 13.8. The van der Waals surface area contributed by atoms with Crippen molar-refractivity contribution >= 4 is 11.8 Å². The fourth-order valence-corrected chi connectivity index (χ4v) is 2.86. The Hall–Kier alpha value is -2.14. The van der Waals surface area contributed by atoms with Crippen molar-refractivity contribution in [3.63, 3.8) is 0 Å². The smallest absolute Gasteiger partial charge is 0.196 e. The van der Waals surface area contributed by atoms with Crippen molar-refractivity contribution in [2.24, 2.45) is 0 Å². The molecule has 0 saturated heterocycles. The average molecular weight is 296 g/mol. The Bertz CT molecular complexity index is 695. The van der Waals surface area contributed by atoms with Crippen LogP contribution in [-0.2, 0) is 0 Å². The van der Waals surface area contributed by atoms with Crippen molar-refractivity contribution in [3.8, 4) is 17.1 Å². The first-order chi connectivity index (χ1) is 10.4. The molecule has 21 heavy (non-hydrogen) atoms. The molecule has 0 atom stereocenters. The highest BCUT2D eigenvalue weighted by Crippen LogP contribution is 2.27. The second-order valence-electron chi connectivity index (χ2n) is 4.56. The number of hydrogen-bond donors (Lipinski definition) is 0. The molecule has 0 saturated carbocycles. The Morgan fingerprint density at radius 3 is 2.48 bits per heavy atom. The molecule has 0 amide bonds. The molecule has 2 aromatic heterocycles. The van der Waals surface area contributed by atoms with Crippen LogP contribution in [0.25, 0.3) is 17.1 Å². The summed E-state index contributed by atoms with van der Waals surface area (Å²) < 4.78 is 2.11. The molecule has 1 aromatic carbocycles. The maximum Gasteiger partial charge on any atom is 0.196 e. The van der Waals surface area contributed by atoms with Gasteiger partial charge in [-0.05, 0) is 30.7 Å². The molecule has 0 aliphatic rings. The van der Waals surface area contributed by atoms with Gasteiger partial charge in [-0.3, -0.25) is 9.55 Å². The van der Waals surface area contributed by atoms with Gasteiger partial charge in [0.1, 0.15) is 0 Å². The molecule has 2 heterocycles. The van der Waals surface area contributed by atoms with E-state index in [1.54, 1.807) is 24.2 Å². The highest BCUT2D eigenvalue weighted by molar-refractivity contribution is 7.99. The van der Waals surface area contributed by atoms with Crippen molar-refractivity contribution in [2.45, 2.75) is 18.5 Å². The predicted octanol–water partition coefficient (Wildman–Crippen LogP) is 3.83. The van der Waals surface area contributed by atoms with Crippen LogP contribution in [-0.4, -0.2) is 25.5 Å². The van der Waals surface area contributed by atoms with Gasteiger partial charge in [0.2, 0.25) is 0 Å². The summed E-state index contributed by atoms with van der Waals surface area (Å²) in [6, 6.07) is 14.1. The number of para-hydroxylation sites is 1. The van der Waals surface area contributed by atoms with Crippen molar-refractivity contribution in [2.75, 3.05) is 5.75 Å². The number of rotatable bonds is 5. The second-order valence-corrected chi connectivity index (χ2v) is 5.62. The summed E-state index contributed by atoms with van der Waals surface area (Å²) in [6.07, 6.45) is 4.66. The predicted molar refractivity (Wildman–Crippen MR) is 85.6 cm³/mol. The van der Waals surface area contributed by atoms with Gasteiger partial charge in [0.05, 0.1) is 0 Å². The molecule has 0 radical (unpaired) electrons. The lowest BCUT2D eigenvalue weighted by Gasteiger charge is -2.09. The molecule has 0 aliphatic heterocycles. The lowest BCUT2D eigenvalue weighted by atomic mass is 10.2. The van der Waals surface area contributed by atoms with Gasteiger partial charge in [-0.1, -0.05) is 36.9 Å². The summed E-state index contributed by atoms with van der Waals surface area (Å²) in [5.41, 5.74) is 2.10. The number of aromatic nitrogens is 4. The summed E-state index contributed by atoms with van der Waals surface area (Å²) in [5, 5.41) is 9.67. The summed E-state index contributed by atoms with van der Waals surface area (Å²) in [7, 11) is 0. The lowest BCUT2D eigenvalue weighted by Crippen LogP contribution is -1.99. The van der Waals surface area contributed by atoms with Crippen molar-refractivity contribution in [3.05, 3.63) is 54.9 Å². The van der Waals surface area contributed by atoms with E-state index >= 15 is 0 Å². The Balaban J connectivity index is 2.11. The van der Waals surface area contributed by atoms with Crippen LogP contribution in [0, 0.1) is 0 Å². The third-order valence-electron chi connectivity index (χ3n) is 3.02. The second kappa shape index (κ2) is 6.54. The third kappa shape index (κ3) is 2.97. The average Bonchev–Trinajstić information content (AvgIpc) is 2.98. The highest BCUT2D eigenvalue weighted by atomic mass is 32.2. The minimum absolute atomic E-state index is 0.849. The molecule has 106 valence electrons. The standard InChI is InChI=1S/C16H16N4S/c1-2-12-21-16-19-18-15(13-8-10-17-11-9-13)20(16)14-6-4-3-5-7-14/h3-11H,2,12H2,1H3. The maximum absolute atomic E-state index is 4.38. The van der Waals surface area contributed by atoms with E-state index in [2.05, 4.69) is 38.8 Å². The molecule has 0 N–H and O–H groups in total. The van der Waals surface area contributed by atoms with Gasteiger partial charge >= 0.3 is 0 Å². The summed E-state index contributed by atoms with van der Waals surface area (Å²) in [4.78, 5) is 4.07. The van der Waals surface area contributed by atoms with E-state index in [0.717, 1.165) is 34.4 Å². The zero-order valence-electron chi connectivity index (χ0n) is 11.8. The normalized spacial score (nSPS) is 10.7. The van der Waals surface area contributed by atoms with Crippen molar-refractivity contribution in [1.29, 1.82) is 0 Å². The minimum Gasteiger partial charge on any atom is -0.270 e. The Kier molecular flexibility index (Phi) is 4.31. The number of hydrogen-bond acceptors (Lipinski definition) is 4. The molecular formula is C16H16N4S. The number of pyridine rings is 1. The Morgan fingerprint density at radius 1 is 1.00 bits per heavy atom. The number of nitrogens with zero attached hydrogens (tertiary/aromatic N) is 4. The van der Waals surface area contributed by atoms with E-state index in [0.29, 0.717) is 0 Å². The lowest BCUT2D eigenvalue weighted by molar-refractivity contribution is 0.884. The van der Waals surface area contributed by atoms with Gasteiger partial charge in [-0.2, -0.15) is 0 Å². The van der Waals surface area contributed by atoms with Gasteiger partial charge in [0.25, 0.3) is 0 Å². The van der Waals surface area contributed by atoms with E-state index in [4.69, 9.17) is 0 Å². The molecule has 0 spiro atoms. The SMILES string of the molecule is CCCSc1nnc(-c2ccncc2)n1-c1ccccc1. The van der Waals surface area contributed by atoms with Gasteiger partial charge in [-0.15, -0.1) is 10.2 Å². The molecule has 0 aliphatic carbocycles. The van der Waals surface area contributed by atoms with Crippen LogP contribution in [0.4, 0.5) is 0 Å². The highest BCUT2D eigenvalue weighted by Gasteiger charge is 2.15. The fourth-order valence-electron chi connectivity index (χ4n) is 2.05. The van der Waals surface area contributed by atoms with Crippen molar-refractivity contribution in [1.82, 2.24) is 19.7 Å². The molecule has 0 unspecified atom stereocenters. The Morgan fingerprint density at radius 2 is 1.76 bits per heavy atom. The van der Waals surface area contributed by atoms with Crippen LogP contribution in [0.15, 0.2) is 60.0 Å². The number of thioether (sulfide) groups is 1. The quantitative estimate of drug-likeness (QED) is 0.671. The first-order valence-electron chi connectivity index (χ1n) is 6.94. The zero-order valence-corrected chi connectivity index (χ0v) is 12.6. The van der Waals surface area contributed by atoms with Gasteiger partial charge in [0, 0.05) is 29.4 Å². The molecule has 4 nitrogen and oxygen atoms in total. The van der Waals surface area contributed by atoms with Gasteiger partial charge in [-0.25, -0.2) is 0 Å². The summed E-state index contributed by atoms with van der Waals surface area (Å²) in [5.74, 6) is 1.88. The van der Waals surface area contributed by atoms with Crippen LogP contribution in [0.1, 0.15) is 13.3 Å². The van der Waals surface area contributed by atoms with E-state index in [-0.39, 0.29) is 0 Å². The molecule has 3 rings (SSSR count). The molecule has 0 bridgehead atoms. The zero-order chi connectivity index (χ0) is 14.5. The van der Waals surface area contributed by atoms with Crippen LogP contribution < -0.4 is 0 Å². The van der Waals surface area contributed by atoms with Crippen molar-refractivity contribution < 1.29 is 0 Å². The summed E-state index contributed by atoms with van der Waals surface area (Å²) >= 11 is 1.73. The number of benzene rings is 1. The monoisotopic (exact) mass is 296 g/mol. The van der Waals surface area contributed by atoms with Crippen LogP contribution in [0.3, 0.4) is 0 Å². The minimum atomic E-state index is 0.849. The molecular weight excluding hydrogens is 280 g/mol. The summed E-state index contributed by atoms with van der Waals surface area (Å²) in [6.45, 7) is 2.17. The maximum atomic E-state index is 4.38. The van der Waals surface area contributed by atoms with E-state index in [1.165, 1.54) is 0 Å². The molecule has 3 aromatic rings. The van der Waals surface area contributed by atoms with E-state index in [1.807, 2.05) is 30.3 Å². The van der Waals surface area contributed by atoms with E-state index in [9.17, 15) is 0 Å². The first-order valence-corrected chi connectivity index (χ1v) is 7.92. The third-order valence-corrected chi connectivity index (χ3v) is 4.16. The molecule has 0 fully saturated rings. The Labute approximate surface area is 128 Å². The van der Waals surface area contributed by atoms with Gasteiger partial charge < -0.3 is 0 Å². The van der Waals surface area contributed by atoms with Crippen LogP contribution in [0.2, 0.25) is 0 Å². The largest absolute Gasteiger partial charge is 0.270 e.